The molecule has 2 aromatic rings. The van der Waals surface area contributed by atoms with Crippen LogP contribution in [0.4, 0.5) is 5.69 Å². The highest BCUT2D eigenvalue weighted by Crippen LogP contribution is 2.12. The standard InChI is InChI=1S/C16H16N2O/c1-12-4-3-5-15(17-12)9-6-14-7-10-16(11-8-14)18-13(2)19/h3-11H,1-2H3,(H,18,19). The molecule has 2 rings (SSSR count). The van der Waals surface area contributed by atoms with Crippen molar-refractivity contribution in [1.29, 1.82) is 0 Å². The summed E-state index contributed by atoms with van der Waals surface area (Å²) in [5.74, 6) is -0.0627. The molecule has 0 bridgehead atoms. The monoisotopic (exact) mass is 252 g/mol. The fraction of sp³-hybridized carbons (Fsp3) is 0.125. The van der Waals surface area contributed by atoms with Gasteiger partial charge in [0, 0.05) is 18.3 Å². The summed E-state index contributed by atoms with van der Waals surface area (Å²) in [6.07, 6.45) is 3.97. The van der Waals surface area contributed by atoms with Crippen LogP contribution in [0.25, 0.3) is 12.2 Å². The first-order valence-electron chi connectivity index (χ1n) is 6.13. The normalized spacial score (nSPS) is 10.6. The number of benzene rings is 1. The van der Waals surface area contributed by atoms with E-state index in [9.17, 15) is 4.79 Å². The smallest absolute Gasteiger partial charge is 0.221 e. The van der Waals surface area contributed by atoms with Crippen molar-refractivity contribution in [2.45, 2.75) is 13.8 Å². The van der Waals surface area contributed by atoms with Crippen LogP contribution in [0.1, 0.15) is 23.9 Å². The lowest BCUT2D eigenvalue weighted by Crippen LogP contribution is -2.05. The Morgan fingerprint density at radius 2 is 1.84 bits per heavy atom. The molecule has 1 amide bonds. The van der Waals surface area contributed by atoms with Crippen LogP contribution in [-0.2, 0) is 4.79 Å². The van der Waals surface area contributed by atoms with Gasteiger partial charge in [-0.15, -0.1) is 0 Å². The third-order valence-corrected chi connectivity index (χ3v) is 2.59. The Hall–Kier alpha value is -2.42. The number of anilines is 1. The quantitative estimate of drug-likeness (QED) is 0.908. The van der Waals surface area contributed by atoms with Crippen LogP contribution in [-0.4, -0.2) is 10.9 Å². The first-order chi connectivity index (χ1) is 9.13. The minimum atomic E-state index is -0.0627. The van der Waals surface area contributed by atoms with Crippen LogP contribution in [0.3, 0.4) is 0 Å². The van der Waals surface area contributed by atoms with Crippen molar-refractivity contribution in [3.8, 4) is 0 Å². The van der Waals surface area contributed by atoms with Crippen LogP contribution >= 0.6 is 0 Å². The molecule has 0 radical (unpaired) electrons. The van der Waals surface area contributed by atoms with Gasteiger partial charge in [-0.2, -0.15) is 0 Å². The summed E-state index contributed by atoms with van der Waals surface area (Å²) in [4.78, 5) is 15.3. The fourth-order valence-electron chi connectivity index (χ4n) is 1.72. The topological polar surface area (TPSA) is 42.0 Å². The van der Waals surface area contributed by atoms with E-state index in [1.807, 2.05) is 61.5 Å². The van der Waals surface area contributed by atoms with E-state index in [1.54, 1.807) is 0 Å². The lowest BCUT2D eigenvalue weighted by molar-refractivity contribution is -0.114. The molecule has 0 aliphatic rings. The highest BCUT2D eigenvalue weighted by atomic mass is 16.1. The van der Waals surface area contributed by atoms with E-state index in [4.69, 9.17) is 0 Å². The third kappa shape index (κ3) is 4.07. The second kappa shape index (κ2) is 5.96. The summed E-state index contributed by atoms with van der Waals surface area (Å²) in [7, 11) is 0. The maximum absolute atomic E-state index is 10.9. The molecule has 0 aliphatic heterocycles. The maximum atomic E-state index is 10.9. The molecule has 96 valence electrons. The van der Waals surface area contributed by atoms with Gasteiger partial charge in [-0.05, 0) is 42.8 Å². The molecule has 0 fully saturated rings. The van der Waals surface area contributed by atoms with E-state index < -0.39 is 0 Å². The van der Waals surface area contributed by atoms with Gasteiger partial charge < -0.3 is 5.32 Å². The molecular formula is C16H16N2O. The first kappa shape index (κ1) is 13.0. The van der Waals surface area contributed by atoms with E-state index in [1.165, 1.54) is 6.92 Å². The molecule has 0 aliphatic carbocycles. The highest BCUT2D eigenvalue weighted by molar-refractivity contribution is 5.88. The van der Waals surface area contributed by atoms with E-state index in [-0.39, 0.29) is 5.91 Å². The molecule has 19 heavy (non-hydrogen) atoms. The van der Waals surface area contributed by atoms with Gasteiger partial charge in [0.2, 0.25) is 5.91 Å². The maximum Gasteiger partial charge on any atom is 0.221 e. The predicted octanol–water partition coefficient (Wildman–Crippen LogP) is 3.52. The number of carbonyl (C=O) groups is 1. The second-order valence-corrected chi connectivity index (χ2v) is 4.34. The number of nitrogens with one attached hydrogen (secondary N) is 1. The second-order valence-electron chi connectivity index (χ2n) is 4.34. The number of aryl methyl sites for hydroxylation is 1. The Labute approximate surface area is 113 Å². The fourth-order valence-corrected chi connectivity index (χ4v) is 1.72. The summed E-state index contributed by atoms with van der Waals surface area (Å²) < 4.78 is 0. The number of hydrogen-bond acceptors (Lipinski definition) is 2. The van der Waals surface area contributed by atoms with Gasteiger partial charge in [-0.1, -0.05) is 24.3 Å². The Balaban J connectivity index is 2.09. The summed E-state index contributed by atoms with van der Waals surface area (Å²) >= 11 is 0. The molecule has 0 saturated heterocycles. The van der Waals surface area contributed by atoms with E-state index in [0.29, 0.717) is 0 Å². The van der Waals surface area contributed by atoms with Crippen molar-refractivity contribution in [3.63, 3.8) is 0 Å². The van der Waals surface area contributed by atoms with Crippen LogP contribution in [0.2, 0.25) is 0 Å². The number of rotatable bonds is 3. The lowest BCUT2D eigenvalue weighted by atomic mass is 10.1. The molecule has 3 nitrogen and oxygen atoms in total. The number of carbonyl (C=O) groups excluding carboxylic acids is 1. The SMILES string of the molecule is CC(=O)Nc1ccc(C=Cc2cccc(C)n2)cc1. The molecule has 0 spiro atoms. The van der Waals surface area contributed by atoms with Crippen molar-refractivity contribution >= 4 is 23.7 Å². The van der Waals surface area contributed by atoms with Crippen LogP contribution < -0.4 is 5.32 Å². The first-order valence-corrected chi connectivity index (χ1v) is 6.13. The van der Waals surface area contributed by atoms with Crippen LogP contribution in [0, 0.1) is 6.92 Å². The average Bonchev–Trinajstić information content (AvgIpc) is 2.37. The number of hydrogen-bond donors (Lipinski definition) is 1. The Kier molecular flexibility index (Phi) is 4.08. The van der Waals surface area contributed by atoms with Crippen molar-refractivity contribution in [1.82, 2.24) is 4.98 Å². The largest absolute Gasteiger partial charge is 0.326 e. The molecular weight excluding hydrogens is 236 g/mol. The van der Waals surface area contributed by atoms with Gasteiger partial charge in [-0.25, -0.2) is 0 Å². The average molecular weight is 252 g/mol. The zero-order chi connectivity index (χ0) is 13.7. The minimum absolute atomic E-state index is 0.0627. The van der Waals surface area contributed by atoms with Crippen molar-refractivity contribution in [3.05, 3.63) is 59.4 Å². The van der Waals surface area contributed by atoms with E-state index in [2.05, 4.69) is 10.3 Å². The number of aromatic nitrogens is 1. The van der Waals surface area contributed by atoms with Gasteiger partial charge in [0.1, 0.15) is 0 Å². The zero-order valence-corrected chi connectivity index (χ0v) is 11.1. The molecule has 1 heterocycles. The number of amides is 1. The van der Waals surface area contributed by atoms with Crippen LogP contribution in [0.5, 0.6) is 0 Å². The van der Waals surface area contributed by atoms with Crippen molar-refractivity contribution < 1.29 is 4.79 Å². The molecule has 0 saturated carbocycles. The Morgan fingerprint density at radius 3 is 2.47 bits per heavy atom. The minimum Gasteiger partial charge on any atom is -0.326 e. The summed E-state index contributed by atoms with van der Waals surface area (Å²) in [6.45, 7) is 3.47. The van der Waals surface area contributed by atoms with Crippen molar-refractivity contribution in [2.24, 2.45) is 0 Å². The zero-order valence-electron chi connectivity index (χ0n) is 11.1. The molecule has 1 N–H and O–H groups in total. The summed E-state index contributed by atoms with van der Waals surface area (Å²) in [5.41, 5.74) is 3.81. The summed E-state index contributed by atoms with van der Waals surface area (Å²) in [6, 6.07) is 13.6. The number of nitrogens with zero attached hydrogens (tertiary/aromatic N) is 1. The Morgan fingerprint density at radius 1 is 1.11 bits per heavy atom. The summed E-state index contributed by atoms with van der Waals surface area (Å²) in [5, 5.41) is 2.74. The van der Waals surface area contributed by atoms with Crippen LogP contribution in [0.15, 0.2) is 42.5 Å². The van der Waals surface area contributed by atoms with Gasteiger partial charge in [0.25, 0.3) is 0 Å². The predicted molar refractivity (Wildman–Crippen MR) is 78.6 cm³/mol. The van der Waals surface area contributed by atoms with Gasteiger partial charge in [0.15, 0.2) is 0 Å². The van der Waals surface area contributed by atoms with Gasteiger partial charge >= 0.3 is 0 Å². The van der Waals surface area contributed by atoms with Crippen molar-refractivity contribution in [2.75, 3.05) is 5.32 Å². The molecule has 0 atom stereocenters. The number of pyridine rings is 1. The van der Waals surface area contributed by atoms with Gasteiger partial charge in [0.05, 0.1) is 5.69 Å². The highest BCUT2D eigenvalue weighted by Gasteiger charge is 1.95. The van der Waals surface area contributed by atoms with E-state index >= 15 is 0 Å². The lowest BCUT2D eigenvalue weighted by Gasteiger charge is -2.01. The molecule has 1 aromatic carbocycles. The Bertz CT molecular complexity index is 600. The van der Waals surface area contributed by atoms with Gasteiger partial charge in [-0.3, -0.25) is 9.78 Å². The molecule has 0 unspecified atom stereocenters. The molecule has 3 heteroatoms. The third-order valence-electron chi connectivity index (χ3n) is 2.59. The molecule has 1 aromatic heterocycles. The van der Waals surface area contributed by atoms with E-state index in [0.717, 1.165) is 22.6 Å².